The van der Waals surface area contributed by atoms with Crippen LogP contribution in [-0.4, -0.2) is 28.0 Å². The Morgan fingerprint density at radius 3 is 2.62 bits per heavy atom. The smallest absolute Gasteiger partial charge is 0.338 e. The number of nitrogens with zero attached hydrogens (tertiary/aromatic N) is 2. The zero-order valence-corrected chi connectivity index (χ0v) is 21.4. The number of aromatic hydroxyl groups is 1. The number of phenols is 1. The number of ether oxygens (including phenoxy) is 1. The number of allylic oxidation sites excluding steroid dienone is 1. The number of thioether (sulfide) groups is 1. The number of aromatic nitrogens is 1. The molecule has 1 aliphatic rings. The molecule has 0 aliphatic carbocycles. The molecule has 176 valence electrons. The van der Waals surface area contributed by atoms with E-state index in [-0.39, 0.29) is 17.4 Å². The lowest BCUT2D eigenvalue weighted by Crippen LogP contribution is -2.40. The SMILES string of the molecule is CSc1ccc([C@H]2C(C(=O)OC(C)C)=C(C)N=c3s/c(=C\c4cc(Cl)ccc4O)c(=O)n32)cc1. The Bertz CT molecular complexity index is 1470. The first-order valence-electron chi connectivity index (χ1n) is 10.6. The van der Waals surface area contributed by atoms with E-state index < -0.39 is 12.0 Å². The summed E-state index contributed by atoms with van der Waals surface area (Å²) in [4.78, 5) is 32.8. The van der Waals surface area contributed by atoms with E-state index in [1.54, 1.807) is 50.7 Å². The van der Waals surface area contributed by atoms with Crippen LogP contribution in [-0.2, 0) is 9.53 Å². The van der Waals surface area contributed by atoms with Crippen LogP contribution < -0.4 is 14.9 Å². The summed E-state index contributed by atoms with van der Waals surface area (Å²) in [7, 11) is 0. The van der Waals surface area contributed by atoms with Gasteiger partial charge in [-0.3, -0.25) is 9.36 Å². The summed E-state index contributed by atoms with van der Waals surface area (Å²) >= 11 is 8.88. The third-order valence-corrected chi connectivity index (χ3v) is 7.25. The number of phenolic OH excluding ortho intramolecular Hbond substituents is 1. The second-order valence-corrected chi connectivity index (χ2v) is 10.3. The average molecular weight is 515 g/mol. The summed E-state index contributed by atoms with van der Waals surface area (Å²) in [5.41, 5.74) is 1.72. The Labute approximate surface area is 209 Å². The summed E-state index contributed by atoms with van der Waals surface area (Å²) in [5, 5.41) is 10.7. The maximum Gasteiger partial charge on any atom is 0.338 e. The van der Waals surface area contributed by atoms with Gasteiger partial charge in [0.2, 0.25) is 0 Å². The van der Waals surface area contributed by atoms with Gasteiger partial charge in [-0.15, -0.1) is 11.8 Å². The molecule has 0 bridgehead atoms. The van der Waals surface area contributed by atoms with Gasteiger partial charge in [0.1, 0.15) is 5.75 Å². The molecule has 0 saturated carbocycles. The molecule has 0 amide bonds. The maximum atomic E-state index is 13.6. The minimum atomic E-state index is -0.687. The van der Waals surface area contributed by atoms with Crippen molar-refractivity contribution in [2.75, 3.05) is 6.26 Å². The fourth-order valence-corrected chi connectivity index (χ4v) is 5.37. The van der Waals surface area contributed by atoms with Gasteiger partial charge in [-0.05, 0) is 69.0 Å². The number of carbonyl (C=O) groups excluding carboxylic acids is 1. The van der Waals surface area contributed by atoms with Crippen LogP contribution in [0.5, 0.6) is 5.75 Å². The fraction of sp³-hybridized carbons (Fsp3) is 0.240. The van der Waals surface area contributed by atoms with Gasteiger partial charge in [0, 0.05) is 15.5 Å². The number of thiazole rings is 1. The highest BCUT2D eigenvalue weighted by Gasteiger charge is 2.33. The van der Waals surface area contributed by atoms with Crippen LogP contribution >= 0.6 is 34.7 Å². The number of halogens is 1. The summed E-state index contributed by atoms with van der Waals surface area (Å²) in [6.45, 7) is 5.31. The van der Waals surface area contributed by atoms with Crippen LogP contribution in [0.15, 0.2) is 68.4 Å². The molecule has 34 heavy (non-hydrogen) atoms. The van der Waals surface area contributed by atoms with Gasteiger partial charge in [-0.25, -0.2) is 9.79 Å². The van der Waals surface area contributed by atoms with Crippen molar-refractivity contribution in [3.8, 4) is 5.75 Å². The molecule has 9 heteroatoms. The molecule has 4 rings (SSSR count). The van der Waals surface area contributed by atoms with E-state index in [9.17, 15) is 14.7 Å². The van der Waals surface area contributed by atoms with Crippen LogP contribution in [0, 0.1) is 0 Å². The third-order valence-electron chi connectivity index (χ3n) is 5.29. The number of carbonyl (C=O) groups is 1. The molecule has 1 atom stereocenters. The maximum absolute atomic E-state index is 13.6. The second kappa shape index (κ2) is 9.82. The first-order chi connectivity index (χ1) is 16.2. The predicted octanol–water partition coefficient (Wildman–Crippen LogP) is 4.27. The minimum absolute atomic E-state index is 0.0109. The van der Waals surface area contributed by atoms with Crippen LogP contribution in [0.4, 0.5) is 0 Å². The number of hydrogen-bond donors (Lipinski definition) is 1. The highest BCUT2D eigenvalue weighted by Crippen LogP contribution is 2.32. The van der Waals surface area contributed by atoms with Gasteiger partial charge >= 0.3 is 5.97 Å². The van der Waals surface area contributed by atoms with Gasteiger partial charge in [0.25, 0.3) is 5.56 Å². The first-order valence-corrected chi connectivity index (χ1v) is 13.0. The number of fused-ring (bicyclic) bond motifs is 1. The van der Waals surface area contributed by atoms with Crippen molar-refractivity contribution >= 4 is 46.7 Å². The molecule has 1 aliphatic heterocycles. The Balaban J connectivity index is 1.95. The lowest BCUT2D eigenvalue weighted by Gasteiger charge is -2.25. The third kappa shape index (κ3) is 4.71. The molecule has 0 fully saturated rings. The zero-order chi connectivity index (χ0) is 24.6. The molecule has 6 nitrogen and oxygen atoms in total. The van der Waals surface area contributed by atoms with E-state index >= 15 is 0 Å². The summed E-state index contributed by atoms with van der Waals surface area (Å²) in [5.74, 6) is -0.492. The van der Waals surface area contributed by atoms with E-state index in [0.29, 0.717) is 31.2 Å². The Morgan fingerprint density at radius 1 is 1.26 bits per heavy atom. The van der Waals surface area contributed by atoms with Crippen molar-refractivity contribution in [1.82, 2.24) is 4.57 Å². The fourth-order valence-electron chi connectivity index (χ4n) is 3.74. The summed E-state index contributed by atoms with van der Waals surface area (Å²) in [6.07, 6.45) is 3.26. The van der Waals surface area contributed by atoms with E-state index in [4.69, 9.17) is 16.3 Å². The van der Waals surface area contributed by atoms with Gasteiger partial charge in [0.05, 0.1) is 27.9 Å². The van der Waals surface area contributed by atoms with Gasteiger partial charge in [0.15, 0.2) is 4.80 Å². The van der Waals surface area contributed by atoms with Crippen LogP contribution in [0.25, 0.3) is 6.08 Å². The van der Waals surface area contributed by atoms with Gasteiger partial charge in [-0.2, -0.15) is 0 Å². The molecular weight excluding hydrogens is 492 g/mol. The number of benzene rings is 2. The quantitative estimate of drug-likeness (QED) is 0.406. The Kier molecular flexibility index (Phi) is 7.02. The lowest BCUT2D eigenvalue weighted by molar-refractivity contribution is -0.143. The molecule has 0 unspecified atom stereocenters. The van der Waals surface area contributed by atoms with Crippen LogP contribution in [0.3, 0.4) is 0 Å². The lowest BCUT2D eigenvalue weighted by atomic mass is 9.96. The second-order valence-electron chi connectivity index (χ2n) is 8.01. The molecule has 0 saturated heterocycles. The molecule has 3 aromatic rings. The number of rotatable bonds is 5. The molecular formula is C25H23ClN2O4S2. The topological polar surface area (TPSA) is 80.9 Å². The standard InChI is InChI=1S/C25H23ClN2O4S2/c1-13(2)32-24(31)21-14(3)27-25-28(22(21)15-5-8-18(33-4)9-6-15)23(30)20(34-25)12-16-11-17(26)7-10-19(16)29/h5-13,22,29H,1-4H3/b20-12-/t22-/m0/s1. The van der Waals surface area contributed by atoms with Crippen molar-refractivity contribution in [2.24, 2.45) is 4.99 Å². The minimum Gasteiger partial charge on any atom is -0.507 e. The van der Waals surface area contributed by atoms with Crippen molar-refractivity contribution in [3.05, 3.63) is 89.6 Å². The normalized spacial score (nSPS) is 15.9. The zero-order valence-electron chi connectivity index (χ0n) is 19.0. The van der Waals surface area contributed by atoms with Crippen molar-refractivity contribution in [1.29, 1.82) is 0 Å². The van der Waals surface area contributed by atoms with Crippen LogP contribution in [0.1, 0.15) is 37.9 Å². The largest absolute Gasteiger partial charge is 0.507 e. The average Bonchev–Trinajstić information content (AvgIpc) is 3.09. The molecule has 2 aromatic carbocycles. The van der Waals surface area contributed by atoms with Crippen molar-refractivity contribution in [3.63, 3.8) is 0 Å². The number of hydrogen-bond acceptors (Lipinski definition) is 7. The van der Waals surface area contributed by atoms with E-state index in [1.807, 2.05) is 30.5 Å². The van der Waals surface area contributed by atoms with Crippen LogP contribution in [0.2, 0.25) is 5.02 Å². The molecule has 0 spiro atoms. The Hall–Kier alpha value is -2.81. The summed E-state index contributed by atoms with van der Waals surface area (Å²) in [6, 6.07) is 11.7. The molecule has 1 aromatic heterocycles. The molecule has 1 N–H and O–H groups in total. The highest BCUT2D eigenvalue weighted by atomic mass is 35.5. The molecule has 2 heterocycles. The van der Waals surface area contributed by atoms with Crippen molar-refractivity contribution in [2.45, 2.75) is 37.8 Å². The highest BCUT2D eigenvalue weighted by molar-refractivity contribution is 7.98. The predicted molar refractivity (Wildman–Crippen MR) is 136 cm³/mol. The number of esters is 1. The first kappa shape index (κ1) is 24.3. The van der Waals surface area contributed by atoms with Gasteiger partial charge in [-0.1, -0.05) is 35.1 Å². The Morgan fingerprint density at radius 2 is 1.97 bits per heavy atom. The van der Waals surface area contributed by atoms with Gasteiger partial charge < -0.3 is 9.84 Å². The summed E-state index contributed by atoms with van der Waals surface area (Å²) < 4.78 is 7.41. The van der Waals surface area contributed by atoms with E-state index in [2.05, 4.69) is 4.99 Å². The van der Waals surface area contributed by atoms with E-state index in [0.717, 1.165) is 10.5 Å². The monoisotopic (exact) mass is 514 g/mol. The van der Waals surface area contributed by atoms with Crippen molar-refractivity contribution < 1.29 is 14.6 Å². The molecule has 0 radical (unpaired) electrons. The van der Waals surface area contributed by atoms with E-state index in [1.165, 1.54) is 22.0 Å².